The van der Waals surface area contributed by atoms with Crippen LogP contribution < -0.4 is 16.4 Å². The van der Waals surface area contributed by atoms with Gasteiger partial charge in [-0.3, -0.25) is 5.32 Å². The van der Waals surface area contributed by atoms with E-state index in [1.165, 1.54) is 17.1 Å². The number of oxazole rings is 1. The first kappa shape index (κ1) is 26.1. The maximum Gasteiger partial charge on any atom is 0.416 e. The molecule has 0 aliphatic rings. The molecule has 2 amide bonds. The number of rotatable bonds is 6. The minimum Gasteiger partial charge on any atom is -0.461 e. The molecule has 204 valence electrons. The van der Waals surface area contributed by atoms with Crippen molar-refractivity contribution in [3.05, 3.63) is 72.6 Å². The van der Waals surface area contributed by atoms with Crippen LogP contribution in [-0.2, 0) is 10.9 Å². The van der Waals surface area contributed by atoms with Gasteiger partial charge >= 0.3 is 18.2 Å². The smallest absolute Gasteiger partial charge is 0.416 e. The van der Waals surface area contributed by atoms with Gasteiger partial charge in [0, 0.05) is 23.6 Å². The molecule has 5 aromatic rings. The lowest BCUT2D eigenvalue weighted by atomic mass is 10.0. The molecule has 0 aliphatic heterocycles. The van der Waals surface area contributed by atoms with Crippen molar-refractivity contribution in [3.63, 3.8) is 0 Å². The molecule has 4 N–H and O–H groups in total. The van der Waals surface area contributed by atoms with E-state index in [-0.39, 0.29) is 29.8 Å². The summed E-state index contributed by atoms with van der Waals surface area (Å²) in [7, 11) is 0. The molecule has 0 atom stereocenters. The predicted octanol–water partition coefficient (Wildman–Crippen LogP) is 4.87. The number of pyridine rings is 1. The molecule has 0 aliphatic carbocycles. The highest BCUT2D eigenvalue weighted by atomic mass is 19.4. The first-order chi connectivity index (χ1) is 19.1. The summed E-state index contributed by atoms with van der Waals surface area (Å²) in [6, 6.07) is 7.21. The number of hydrogen-bond acceptors (Lipinski definition) is 9. The summed E-state index contributed by atoms with van der Waals surface area (Å²) < 4.78 is 50.8. The summed E-state index contributed by atoms with van der Waals surface area (Å²) in [6.45, 7) is 1.84. The summed E-state index contributed by atoms with van der Waals surface area (Å²) >= 11 is 0. The lowest BCUT2D eigenvalue weighted by molar-refractivity contribution is -0.137. The molecular weight excluding hydrogens is 533 g/mol. The van der Waals surface area contributed by atoms with E-state index >= 15 is 0 Å². The van der Waals surface area contributed by atoms with E-state index in [2.05, 4.69) is 30.7 Å². The Morgan fingerprint density at radius 2 is 1.90 bits per heavy atom. The van der Waals surface area contributed by atoms with Gasteiger partial charge in [0.15, 0.2) is 11.5 Å². The third kappa shape index (κ3) is 5.24. The topological polar surface area (TPSA) is 163 Å². The molecule has 0 radical (unpaired) electrons. The normalized spacial score (nSPS) is 11.4. The predicted molar refractivity (Wildman–Crippen MR) is 136 cm³/mol. The number of alkyl halides is 3. The fourth-order valence-corrected chi connectivity index (χ4v) is 3.86. The summed E-state index contributed by atoms with van der Waals surface area (Å²) in [5.41, 5.74) is 7.58. The number of ether oxygens (including phenoxy) is 1. The number of benzene rings is 1. The molecular formula is C25H19F3N8O4. The highest BCUT2D eigenvalue weighted by Gasteiger charge is 2.31. The summed E-state index contributed by atoms with van der Waals surface area (Å²) in [4.78, 5) is 36.5. The number of anilines is 3. The van der Waals surface area contributed by atoms with Crippen molar-refractivity contribution in [1.29, 1.82) is 0 Å². The number of esters is 1. The highest BCUT2D eigenvalue weighted by molar-refractivity contribution is 6.00. The van der Waals surface area contributed by atoms with Crippen LogP contribution in [0.3, 0.4) is 0 Å². The number of carbonyl (C=O) groups excluding carboxylic acids is 2. The van der Waals surface area contributed by atoms with Crippen LogP contribution in [0, 0.1) is 0 Å². The molecule has 4 heterocycles. The van der Waals surface area contributed by atoms with Gasteiger partial charge in [-0.1, -0.05) is 12.1 Å². The van der Waals surface area contributed by atoms with E-state index in [0.29, 0.717) is 27.9 Å². The minimum atomic E-state index is -4.58. The van der Waals surface area contributed by atoms with E-state index in [4.69, 9.17) is 14.9 Å². The molecule has 1 aromatic carbocycles. The third-order valence-electron chi connectivity index (χ3n) is 5.58. The van der Waals surface area contributed by atoms with E-state index in [0.717, 1.165) is 18.3 Å². The Balaban J connectivity index is 1.42. The summed E-state index contributed by atoms with van der Waals surface area (Å²) in [5, 5.41) is 8.99. The van der Waals surface area contributed by atoms with Gasteiger partial charge in [-0.25, -0.2) is 29.1 Å². The SMILES string of the molecule is CCOC(=O)c1coc(-c2cn3ncnc(N)c3c2-c2ccc(NC(=O)Nc3cc(C(F)(F)F)ccn3)cc2)n1. The van der Waals surface area contributed by atoms with Crippen molar-refractivity contribution in [2.24, 2.45) is 0 Å². The van der Waals surface area contributed by atoms with Gasteiger partial charge < -0.3 is 20.2 Å². The first-order valence-electron chi connectivity index (χ1n) is 11.6. The maximum absolute atomic E-state index is 12.9. The molecule has 0 bridgehead atoms. The zero-order valence-corrected chi connectivity index (χ0v) is 20.6. The number of halogens is 3. The van der Waals surface area contributed by atoms with Crippen molar-refractivity contribution in [2.45, 2.75) is 13.1 Å². The largest absolute Gasteiger partial charge is 0.461 e. The van der Waals surface area contributed by atoms with Gasteiger partial charge in [0.25, 0.3) is 0 Å². The lowest BCUT2D eigenvalue weighted by Gasteiger charge is -2.10. The highest BCUT2D eigenvalue weighted by Crippen LogP contribution is 2.38. The number of nitrogens with zero attached hydrogens (tertiary/aromatic N) is 5. The Morgan fingerprint density at radius 3 is 2.62 bits per heavy atom. The van der Waals surface area contributed by atoms with Crippen LogP contribution >= 0.6 is 0 Å². The number of nitrogens with two attached hydrogens (primary N) is 1. The maximum atomic E-state index is 12.9. The zero-order valence-electron chi connectivity index (χ0n) is 20.6. The molecule has 0 spiro atoms. The van der Waals surface area contributed by atoms with Crippen molar-refractivity contribution in [3.8, 4) is 22.6 Å². The average molecular weight is 552 g/mol. The van der Waals surface area contributed by atoms with Crippen LogP contribution in [0.5, 0.6) is 0 Å². The molecule has 4 aromatic heterocycles. The molecule has 15 heteroatoms. The van der Waals surface area contributed by atoms with Crippen molar-refractivity contribution < 1.29 is 31.9 Å². The quantitative estimate of drug-likeness (QED) is 0.250. The van der Waals surface area contributed by atoms with Crippen LogP contribution in [0.2, 0.25) is 0 Å². The van der Waals surface area contributed by atoms with Crippen molar-refractivity contribution in [1.82, 2.24) is 24.6 Å². The number of nitrogens with one attached hydrogen (secondary N) is 2. The van der Waals surface area contributed by atoms with Gasteiger partial charge in [0.2, 0.25) is 5.89 Å². The van der Waals surface area contributed by atoms with Crippen molar-refractivity contribution in [2.75, 3.05) is 23.0 Å². The average Bonchev–Trinajstić information content (AvgIpc) is 3.55. The van der Waals surface area contributed by atoms with Gasteiger partial charge in [-0.05, 0) is 36.8 Å². The van der Waals surface area contributed by atoms with Gasteiger partial charge in [-0.15, -0.1) is 0 Å². The standard InChI is InChI=1S/C25H19F3N8O4/c1-2-39-23(37)17-11-40-22(34-17)16-10-36-20(21(29)31-12-32-36)19(16)13-3-5-15(6-4-13)33-24(38)35-18-9-14(7-8-30-18)25(26,27)28/h3-12H,2H2,1H3,(H2,29,31,32)(H2,30,33,35,38). The second-order valence-electron chi connectivity index (χ2n) is 8.20. The number of nitrogen functional groups attached to an aromatic ring is 1. The molecule has 0 fully saturated rings. The van der Waals surface area contributed by atoms with E-state index < -0.39 is 23.7 Å². The van der Waals surface area contributed by atoms with Crippen LogP contribution in [0.1, 0.15) is 23.0 Å². The number of hydrogen-bond donors (Lipinski definition) is 3. The first-order valence-corrected chi connectivity index (χ1v) is 11.6. The number of fused-ring (bicyclic) bond motifs is 1. The molecule has 0 unspecified atom stereocenters. The molecule has 5 rings (SSSR count). The van der Waals surface area contributed by atoms with Gasteiger partial charge in [-0.2, -0.15) is 18.3 Å². The molecule has 40 heavy (non-hydrogen) atoms. The second kappa shape index (κ2) is 10.4. The van der Waals surface area contributed by atoms with Gasteiger partial charge in [0.1, 0.15) is 23.9 Å². The summed E-state index contributed by atoms with van der Waals surface area (Å²) in [6.07, 6.45) is 0.449. The van der Waals surface area contributed by atoms with Crippen LogP contribution in [0.25, 0.3) is 28.1 Å². The fourth-order valence-electron chi connectivity index (χ4n) is 3.86. The van der Waals surface area contributed by atoms with E-state index in [1.807, 2.05) is 0 Å². The van der Waals surface area contributed by atoms with E-state index in [1.54, 1.807) is 37.4 Å². The fraction of sp³-hybridized carbons (Fsp3) is 0.120. The Kier molecular flexibility index (Phi) is 6.77. The molecule has 0 saturated carbocycles. The molecule has 0 saturated heterocycles. The Labute approximate surface area is 223 Å². The zero-order chi connectivity index (χ0) is 28.4. The Morgan fingerprint density at radius 1 is 1.12 bits per heavy atom. The summed E-state index contributed by atoms with van der Waals surface area (Å²) in [5.74, 6) is -0.629. The number of amides is 2. The van der Waals surface area contributed by atoms with Crippen molar-refractivity contribution >= 4 is 34.8 Å². The number of carbonyl (C=O) groups is 2. The van der Waals surface area contributed by atoms with Gasteiger partial charge in [0.05, 0.1) is 17.7 Å². The van der Waals surface area contributed by atoms with Crippen LogP contribution in [0.15, 0.2) is 65.8 Å². The van der Waals surface area contributed by atoms with E-state index in [9.17, 15) is 22.8 Å². The third-order valence-corrected chi connectivity index (χ3v) is 5.58. The lowest BCUT2D eigenvalue weighted by Crippen LogP contribution is -2.20. The molecule has 12 nitrogen and oxygen atoms in total. The Bertz CT molecular complexity index is 1710. The number of urea groups is 1. The Hall–Kier alpha value is -5.47. The minimum absolute atomic E-state index is 0.0158. The van der Waals surface area contributed by atoms with Crippen LogP contribution in [-0.4, -0.2) is 43.2 Å². The monoisotopic (exact) mass is 552 g/mol. The van der Waals surface area contributed by atoms with Crippen LogP contribution in [0.4, 0.5) is 35.3 Å². The number of aromatic nitrogens is 5. The second-order valence-corrected chi connectivity index (χ2v) is 8.20.